The molecule has 4 heteroatoms. The van der Waals surface area contributed by atoms with E-state index in [0.29, 0.717) is 11.7 Å². The average Bonchev–Trinajstić information content (AvgIpc) is 2.35. The maximum Gasteiger partial charge on any atom is 0.144 e. The highest BCUT2D eigenvalue weighted by Crippen LogP contribution is 2.11. The van der Waals surface area contributed by atoms with Gasteiger partial charge in [-0.1, -0.05) is 13.0 Å². The first-order chi connectivity index (χ1) is 8.58. The SMILES string of the molecule is CCN(Cc1cccnc1C#N)C(C)CN(C)C. The fourth-order valence-electron chi connectivity index (χ4n) is 2.11. The molecule has 0 saturated carbocycles. The molecule has 0 bridgehead atoms. The first-order valence-corrected chi connectivity index (χ1v) is 6.31. The van der Waals surface area contributed by atoms with Crippen molar-refractivity contribution < 1.29 is 0 Å². The number of aromatic nitrogens is 1. The number of nitrogens with zero attached hydrogens (tertiary/aromatic N) is 4. The zero-order chi connectivity index (χ0) is 13.5. The summed E-state index contributed by atoms with van der Waals surface area (Å²) in [5.74, 6) is 0. The molecule has 1 heterocycles. The summed E-state index contributed by atoms with van der Waals surface area (Å²) in [6.07, 6.45) is 1.67. The van der Waals surface area contributed by atoms with Crippen LogP contribution in [0.25, 0.3) is 0 Å². The van der Waals surface area contributed by atoms with Gasteiger partial charge in [0.05, 0.1) is 0 Å². The largest absolute Gasteiger partial charge is 0.308 e. The van der Waals surface area contributed by atoms with E-state index in [1.165, 1.54) is 0 Å². The number of rotatable bonds is 6. The predicted octanol–water partition coefficient (Wildman–Crippen LogP) is 1.73. The summed E-state index contributed by atoms with van der Waals surface area (Å²) >= 11 is 0. The van der Waals surface area contributed by atoms with Crippen molar-refractivity contribution in [1.82, 2.24) is 14.8 Å². The van der Waals surface area contributed by atoms with Crippen LogP contribution in [0.5, 0.6) is 0 Å². The highest BCUT2D eigenvalue weighted by molar-refractivity contribution is 5.30. The molecule has 1 aromatic rings. The highest BCUT2D eigenvalue weighted by Gasteiger charge is 2.15. The van der Waals surface area contributed by atoms with Gasteiger partial charge in [0.2, 0.25) is 0 Å². The van der Waals surface area contributed by atoms with E-state index in [1.54, 1.807) is 6.20 Å². The van der Waals surface area contributed by atoms with Crippen LogP contribution in [0.4, 0.5) is 0 Å². The summed E-state index contributed by atoms with van der Waals surface area (Å²) in [6, 6.07) is 6.48. The third kappa shape index (κ3) is 4.10. The minimum Gasteiger partial charge on any atom is -0.308 e. The molecule has 0 aliphatic rings. The normalized spacial score (nSPS) is 12.7. The van der Waals surface area contributed by atoms with Crippen LogP contribution >= 0.6 is 0 Å². The number of pyridine rings is 1. The zero-order valence-electron chi connectivity index (χ0n) is 11.7. The Morgan fingerprint density at radius 2 is 2.17 bits per heavy atom. The summed E-state index contributed by atoms with van der Waals surface area (Å²) in [5, 5.41) is 9.05. The molecule has 0 amide bonds. The van der Waals surface area contributed by atoms with Crippen molar-refractivity contribution in [3.05, 3.63) is 29.6 Å². The Kier molecular flexibility index (Phi) is 5.76. The standard InChI is InChI=1S/C14H22N4/c1-5-18(12(2)10-17(3)4)11-13-7-6-8-16-14(13)9-15/h6-8,12H,5,10-11H2,1-4H3. The lowest BCUT2D eigenvalue weighted by Gasteiger charge is -2.30. The lowest BCUT2D eigenvalue weighted by atomic mass is 10.1. The predicted molar refractivity (Wildman–Crippen MR) is 73.1 cm³/mol. The minimum atomic E-state index is 0.455. The number of hydrogen-bond acceptors (Lipinski definition) is 4. The Morgan fingerprint density at radius 3 is 2.72 bits per heavy atom. The highest BCUT2D eigenvalue weighted by atomic mass is 15.2. The molecule has 1 atom stereocenters. The molecule has 0 saturated heterocycles. The molecule has 0 radical (unpaired) electrons. The molecule has 0 aliphatic carbocycles. The van der Waals surface area contributed by atoms with Gasteiger partial charge in [0.25, 0.3) is 0 Å². The Balaban J connectivity index is 2.77. The Morgan fingerprint density at radius 1 is 1.44 bits per heavy atom. The molecule has 18 heavy (non-hydrogen) atoms. The van der Waals surface area contributed by atoms with Crippen LogP contribution in [0.3, 0.4) is 0 Å². The molecule has 98 valence electrons. The Labute approximate surface area is 110 Å². The molecule has 1 rings (SSSR count). The van der Waals surface area contributed by atoms with Crippen molar-refractivity contribution in [3.63, 3.8) is 0 Å². The van der Waals surface area contributed by atoms with Crippen molar-refractivity contribution in [2.45, 2.75) is 26.4 Å². The van der Waals surface area contributed by atoms with Crippen molar-refractivity contribution in [1.29, 1.82) is 5.26 Å². The first kappa shape index (κ1) is 14.6. The van der Waals surface area contributed by atoms with Crippen LogP contribution in [-0.2, 0) is 6.54 Å². The van der Waals surface area contributed by atoms with Gasteiger partial charge in [-0.3, -0.25) is 4.90 Å². The molecule has 0 N–H and O–H groups in total. The van der Waals surface area contributed by atoms with Gasteiger partial charge in [0.15, 0.2) is 0 Å². The van der Waals surface area contributed by atoms with Gasteiger partial charge in [0.1, 0.15) is 11.8 Å². The van der Waals surface area contributed by atoms with Crippen LogP contribution < -0.4 is 0 Å². The van der Waals surface area contributed by atoms with Crippen LogP contribution in [0.15, 0.2) is 18.3 Å². The third-order valence-corrected chi connectivity index (χ3v) is 3.03. The van der Waals surface area contributed by atoms with E-state index in [0.717, 1.165) is 25.2 Å². The first-order valence-electron chi connectivity index (χ1n) is 6.31. The van der Waals surface area contributed by atoms with Crippen molar-refractivity contribution >= 4 is 0 Å². The molecule has 0 aromatic carbocycles. The summed E-state index contributed by atoms with van der Waals surface area (Å²) in [6.45, 7) is 7.12. The molecule has 1 aromatic heterocycles. The van der Waals surface area contributed by atoms with Gasteiger partial charge >= 0.3 is 0 Å². The maximum absolute atomic E-state index is 9.05. The van der Waals surface area contributed by atoms with Gasteiger partial charge in [0, 0.05) is 30.9 Å². The molecular weight excluding hydrogens is 224 g/mol. The van der Waals surface area contributed by atoms with E-state index in [9.17, 15) is 0 Å². The van der Waals surface area contributed by atoms with Crippen molar-refractivity contribution in [2.24, 2.45) is 0 Å². The molecular formula is C14H22N4. The van der Waals surface area contributed by atoms with Crippen molar-refractivity contribution in [3.8, 4) is 6.07 Å². The van der Waals surface area contributed by atoms with Gasteiger partial charge in [-0.2, -0.15) is 5.26 Å². The van der Waals surface area contributed by atoms with Crippen LogP contribution in [-0.4, -0.2) is 48.0 Å². The molecule has 0 fully saturated rings. The second kappa shape index (κ2) is 7.10. The topological polar surface area (TPSA) is 43.2 Å². The van der Waals surface area contributed by atoms with Gasteiger partial charge in [-0.05, 0) is 33.6 Å². The second-order valence-corrected chi connectivity index (χ2v) is 4.80. The summed E-state index contributed by atoms with van der Waals surface area (Å²) in [7, 11) is 4.16. The van der Waals surface area contributed by atoms with Gasteiger partial charge in [-0.15, -0.1) is 0 Å². The van der Waals surface area contributed by atoms with Crippen molar-refractivity contribution in [2.75, 3.05) is 27.2 Å². The van der Waals surface area contributed by atoms with E-state index < -0.39 is 0 Å². The van der Waals surface area contributed by atoms with Gasteiger partial charge in [-0.25, -0.2) is 4.98 Å². The maximum atomic E-state index is 9.05. The number of nitriles is 1. The Bertz CT molecular complexity index is 409. The van der Waals surface area contributed by atoms with Crippen LogP contribution in [0.1, 0.15) is 25.1 Å². The molecule has 4 nitrogen and oxygen atoms in total. The van der Waals surface area contributed by atoms with Crippen LogP contribution in [0, 0.1) is 11.3 Å². The second-order valence-electron chi connectivity index (χ2n) is 4.80. The average molecular weight is 246 g/mol. The summed E-state index contributed by atoms with van der Waals surface area (Å²) in [5.41, 5.74) is 1.54. The summed E-state index contributed by atoms with van der Waals surface area (Å²) < 4.78 is 0. The van der Waals surface area contributed by atoms with E-state index >= 15 is 0 Å². The molecule has 0 spiro atoms. The zero-order valence-corrected chi connectivity index (χ0v) is 11.7. The van der Waals surface area contributed by atoms with E-state index in [4.69, 9.17) is 5.26 Å². The molecule has 0 aliphatic heterocycles. The van der Waals surface area contributed by atoms with E-state index in [-0.39, 0.29) is 0 Å². The van der Waals surface area contributed by atoms with E-state index in [1.807, 2.05) is 12.1 Å². The van der Waals surface area contributed by atoms with Crippen LogP contribution in [0.2, 0.25) is 0 Å². The number of hydrogen-bond donors (Lipinski definition) is 0. The third-order valence-electron chi connectivity index (χ3n) is 3.03. The Hall–Kier alpha value is -1.44. The van der Waals surface area contributed by atoms with E-state index in [2.05, 4.69) is 48.8 Å². The number of likely N-dealkylation sites (N-methyl/N-ethyl adjacent to an activating group) is 2. The molecule has 1 unspecified atom stereocenters. The minimum absolute atomic E-state index is 0.455. The summed E-state index contributed by atoms with van der Waals surface area (Å²) in [4.78, 5) is 8.65. The lowest BCUT2D eigenvalue weighted by molar-refractivity contribution is 0.174. The fourth-order valence-corrected chi connectivity index (χ4v) is 2.11. The lowest BCUT2D eigenvalue weighted by Crippen LogP contribution is -2.39. The van der Waals surface area contributed by atoms with Gasteiger partial charge < -0.3 is 4.90 Å². The monoisotopic (exact) mass is 246 g/mol. The fraction of sp³-hybridized carbons (Fsp3) is 0.571. The quantitative estimate of drug-likeness (QED) is 0.766. The smallest absolute Gasteiger partial charge is 0.144 e.